The molecule has 1 saturated carbocycles. The van der Waals surface area contributed by atoms with Crippen LogP contribution in [0.15, 0.2) is 0 Å². The van der Waals surface area contributed by atoms with E-state index in [2.05, 4.69) is 31.0 Å². The number of hydrogen-bond acceptors (Lipinski definition) is 3. The van der Waals surface area contributed by atoms with Crippen LogP contribution in [0.3, 0.4) is 0 Å². The summed E-state index contributed by atoms with van der Waals surface area (Å²) in [7, 11) is 0. The van der Waals surface area contributed by atoms with Gasteiger partial charge >= 0.3 is 0 Å². The summed E-state index contributed by atoms with van der Waals surface area (Å²) < 4.78 is 5.57. The largest absolute Gasteiger partial charge is 0.381 e. The summed E-state index contributed by atoms with van der Waals surface area (Å²) >= 11 is 0. The number of nitrogens with one attached hydrogen (secondary N) is 1. The van der Waals surface area contributed by atoms with Gasteiger partial charge in [-0.1, -0.05) is 6.92 Å². The summed E-state index contributed by atoms with van der Waals surface area (Å²) in [6.45, 7) is 12.8. The monoisotopic (exact) mass is 266 g/mol. The van der Waals surface area contributed by atoms with Gasteiger partial charge in [0.1, 0.15) is 0 Å². The van der Waals surface area contributed by atoms with Crippen molar-refractivity contribution in [3.8, 4) is 0 Å². The number of hydrogen-bond donors (Lipinski definition) is 1. The lowest BCUT2D eigenvalue weighted by atomic mass is 9.83. The second kappa shape index (κ2) is 5.01. The summed E-state index contributed by atoms with van der Waals surface area (Å²) in [6.07, 6.45) is 5.33. The van der Waals surface area contributed by atoms with E-state index in [1.807, 2.05) is 0 Å². The Morgan fingerprint density at radius 2 is 2.05 bits per heavy atom. The second-order valence-corrected chi connectivity index (χ2v) is 7.51. The van der Waals surface area contributed by atoms with Crippen LogP contribution in [0.5, 0.6) is 0 Å². The van der Waals surface area contributed by atoms with E-state index in [0.717, 1.165) is 31.6 Å². The van der Waals surface area contributed by atoms with Crippen molar-refractivity contribution >= 4 is 0 Å². The first-order chi connectivity index (χ1) is 9.06. The lowest BCUT2D eigenvalue weighted by Crippen LogP contribution is -2.69. The molecular weight excluding hydrogens is 236 g/mol. The molecule has 3 nitrogen and oxygen atoms in total. The van der Waals surface area contributed by atoms with Gasteiger partial charge in [0.2, 0.25) is 0 Å². The highest BCUT2D eigenvalue weighted by Gasteiger charge is 2.49. The highest BCUT2D eigenvalue weighted by molar-refractivity contribution is 5.07. The quantitative estimate of drug-likeness (QED) is 0.845. The average Bonchev–Trinajstić information content (AvgIpc) is 3.15. The van der Waals surface area contributed by atoms with Crippen molar-refractivity contribution in [2.45, 2.75) is 57.5 Å². The molecule has 2 heterocycles. The SMILES string of the molecule is CCC1(C)CNC(C)(C2CC2)CN1CC1CCOC1. The Bertz CT molecular complexity index is 325. The molecule has 2 saturated heterocycles. The van der Waals surface area contributed by atoms with E-state index in [0.29, 0.717) is 11.1 Å². The van der Waals surface area contributed by atoms with Crippen LogP contribution in [0, 0.1) is 11.8 Å². The van der Waals surface area contributed by atoms with Crippen LogP contribution in [0.1, 0.15) is 46.5 Å². The Hall–Kier alpha value is -0.120. The first kappa shape index (κ1) is 13.8. The molecule has 0 aromatic rings. The normalized spacial score (nSPS) is 44.7. The highest BCUT2D eigenvalue weighted by Crippen LogP contribution is 2.43. The van der Waals surface area contributed by atoms with Gasteiger partial charge in [0, 0.05) is 37.3 Å². The lowest BCUT2D eigenvalue weighted by Gasteiger charge is -2.53. The van der Waals surface area contributed by atoms with E-state index in [9.17, 15) is 0 Å². The van der Waals surface area contributed by atoms with Crippen molar-refractivity contribution in [1.29, 1.82) is 0 Å². The molecule has 19 heavy (non-hydrogen) atoms. The van der Waals surface area contributed by atoms with Crippen LogP contribution in [0.2, 0.25) is 0 Å². The van der Waals surface area contributed by atoms with Crippen molar-refractivity contribution in [2.24, 2.45) is 11.8 Å². The summed E-state index contributed by atoms with van der Waals surface area (Å²) in [4.78, 5) is 2.78. The minimum absolute atomic E-state index is 0.330. The van der Waals surface area contributed by atoms with E-state index in [1.54, 1.807) is 0 Å². The van der Waals surface area contributed by atoms with Crippen LogP contribution < -0.4 is 5.32 Å². The molecule has 3 fully saturated rings. The van der Waals surface area contributed by atoms with Gasteiger partial charge in [-0.3, -0.25) is 4.90 Å². The third-order valence-corrected chi connectivity index (χ3v) is 5.90. The average molecular weight is 266 g/mol. The summed E-state index contributed by atoms with van der Waals surface area (Å²) in [6, 6.07) is 0. The zero-order chi connectivity index (χ0) is 13.5. The van der Waals surface area contributed by atoms with E-state index in [1.165, 1.54) is 38.8 Å². The lowest BCUT2D eigenvalue weighted by molar-refractivity contribution is -0.00129. The Kier molecular flexibility index (Phi) is 3.65. The molecule has 3 unspecified atom stereocenters. The van der Waals surface area contributed by atoms with Crippen LogP contribution in [-0.2, 0) is 4.74 Å². The maximum atomic E-state index is 5.57. The first-order valence-corrected chi connectivity index (χ1v) is 8.13. The van der Waals surface area contributed by atoms with Gasteiger partial charge in [0.25, 0.3) is 0 Å². The third-order valence-electron chi connectivity index (χ3n) is 5.90. The summed E-state index contributed by atoms with van der Waals surface area (Å²) in [5, 5.41) is 3.88. The van der Waals surface area contributed by atoms with Gasteiger partial charge in [0.05, 0.1) is 6.61 Å². The van der Waals surface area contributed by atoms with Crippen LogP contribution in [0.4, 0.5) is 0 Å². The van der Waals surface area contributed by atoms with Gasteiger partial charge in [-0.15, -0.1) is 0 Å². The van der Waals surface area contributed by atoms with Crippen molar-refractivity contribution in [3.63, 3.8) is 0 Å². The zero-order valence-electron chi connectivity index (χ0n) is 12.9. The standard InChI is InChI=1S/C16H30N2O/c1-4-15(2)11-17-16(3,14-5-6-14)12-18(15)9-13-7-8-19-10-13/h13-14,17H,4-12H2,1-3H3. The van der Waals surface area contributed by atoms with E-state index >= 15 is 0 Å². The molecule has 3 rings (SSSR count). The van der Waals surface area contributed by atoms with Gasteiger partial charge < -0.3 is 10.1 Å². The van der Waals surface area contributed by atoms with E-state index in [-0.39, 0.29) is 0 Å². The predicted octanol–water partition coefficient (Wildman–Crippen LogP) is 2.27. The fourth-order valence-electron chi connectivity index (χ4n) is 3.81. The van der Waals surface area contributed by atoms with Gasteiger partial charge in [-0.05, 0) is 51.4 Å². The Morgan fingerprint density at radius 3 is 2.63 bits per heavy atom. The van der Waals surface area contributed by atoms with Crippen LogP contribution in [0.25, 0.3) is 0 Å². The van der Waals surface area contributed by atoms with Crippen molar-refractivity contribution in [1.82, 2.24) is 10.2 Å². The van der Waals surface area contributed by atoms with Gasteiger partial charge in [-0.25, -0.2) is 0 Å². The molecule has 1 aliphatic carbocycles. The Morgan fingerprint density at radius 1 is 1.26 bits per heavy atom. The number of nitrogens with zero attached hydrogens (tertiary/aromatic N) is 1. The molecule has 0 aromatic carbocycles. The molecule has 1 N–H and O–H groups in total. The Labute approximate surface area is 118 Å². The fraction of sp³-hybridized carbons (Fsp3) is 1.00. The molecule has 2 aliphatic heterocycles. The predicted molar refractivity (Wildman–Crippen MR) is 78.3 cm³/mol. The van der Waals surface area contributed by atoms with E-state index in [4.69, 9.17) is 4.74 Å². The molecule has 0 spiro atoms. The summed E-state index contributed by atoms with van der Waals surface area (Å²) in [5.74, 6) is 1.67. The molecule has 0 bridgehead atoms. The second-order valence-electron chi connectivity index (χ2n) is 7.51. The minimum Gasteiger partial charge on any atom is -0.381 e. The molecule has 0 radical (unpaired) electrons. The molecule has 3 aliphatic rings. The topological polar surface area (TPSA) is 24.5 Å². The van der Waals surface area contributed by atoms with Crippen molar-refractivity contribution in [2.75, 3.05) is 32.8 Å². The maximum Gasteiger partial charge on any atom is 0.0507 e. The molecule has 110 valence electrons. The van der Waals surface area contributed by atoms with Crippen molar-refractivity contribution < 1.29 is 4.74 Å². The molecule has 3 heteroatoms. The molecule has 3 atom stereocenters. The van der Waals surface area contributed by atoms with Gasteiger partial charge in [-0.2, -0.15) is 0 Å². The zero-order valence-corrected chi connectivity index (χ0v) is 12.9. The number of ether oxygens (including phenoxy) is 1. The summed E-state index contributed by atoms with van der Waals surface area (Å²) in [5.41, 5.74) is 0.686. The number of piperazine rings is 1. The Balaban J connectivity index is 1.70. The maximum absolute atomic E-state index is 5.57. The smallest absolute Gasteiger partial charge is 0.0507 e. The minimum atomic E-state index is 0.330. The number of rotatable bonds is 4. The van der Waals surface area contributed by atoms with Gasteiger partial charge in [0.15, 0.2) is 0 Å². The first-order valence-electron chi connectivity index (χ1n) is 8.13. The fourth-order valence-corrected chi connectivity index (χ4v) is 3.81. The highest BCUT2D eigenvalue weighted by atomic mass is 16.5. The van der Waals surface area contributed by atoms with Crippen LogP contribution >= 0.6 is 0 Å². The van der Waals surface area contributed by atoms with Crippen LogP contribution in [-0.4, -0.2) is 48.8 Å². The van der Waals surface area contributed by atoms with Crippen molar-refractivity contribution in [3.05, 3.63) is 0 Å². The van der Waals surface area contributed by atoms with E-state index < -0.39 is 0 Å². The third kappa shape index (κ3) is 2.70. The molecule has 0 amide bonds. The molecular formula is C16H30N2O. The molecule has 0 aromatic heterocycles.